The molecule has 1 amide bonds. The van der Waals surface area contributed by atoms with E-state index in [1.165, 1.54) is 0 Å². The first-order chi connectivity index (χ1) is 8.19. The minimum atomic E-state index is -0.265. The molecule has 1 aromatic rings. The molecule has 1 aliphatic carbocycles. The molecule has 0 aliphatic heterocycles. The lowest BCUT2D eigenvalue weighted by atomic mass is 9.92. The fourth-order valence-corrected chi connectivity index (χ4v) is 2.00. The molecule has 1 unspecified atom stereocenters. The molecule has 0 spiro atoms. The van der Waals surface area contributed by atoms with Gasteiger partial charge in [0.2, 0.25) is 0 Å². The number of hydrogen-bond acceptors (Lipinski definition) is 3. The smallest absolute Gasteiger partial charge is 0.296 e. The molecule has 2 N–H and O–H groups in total. The van der Waals surface area contributed by atoms with Crippen LogP contribution >= 0.6 is 0 Å². The van der Waals surface area contributed by atoms with Crippen molar-refractivity contribution in [3.05, 3.63) is 27.7 Å². The molecule has 1 heterocycles. The van der Waals surface area contributed by atoms with E-state index >= 15 is 0 Å². The summed E-state index contributed by atoms with van der Waals surface area (Å²) >= 11 is 0. The Morgan fingerprint density at radius 1 is 1.65 bits per heavy atom. The number of hydrogen-bond donors (Lipinski definition) is 2. The number of aryl methyl sites for hydroxylation is 1. The van der Waals surface area contributed by atoms with E-state index in [1.807, 2.05) is 0 Å². The van der Waals surface area contributed by atoms with Crippen LogP contribution in [0.4, 0.5) is 0 Å². The van der Waals surface area contributed by atoms with E-state index in [1.54, 1.807) is 13.0 Å². The zero-order chi connectivity index (χ0) is 12.3. The van der Waals surface area contributed by atoms with Crippen molar-refractivity contribution in [2.45, 2.75) is 32.2 Å². The summed E-state index contributed by atoms with van der Waals surface area (Å²) < 4.78 is 0. The number of aromatic nitrogens is 2. The summed E-state index contributed by atoms with van der Waals surface area (Å²) in [6, 6.07) is 1.59. The number of amides is 1. The topological polar surface area (TPSA) is 74.8 Å². The lowest BCUT2D eigenvalue weighted by molar-refractivity contribution is -0.116. The minimum Gasteiger partial charge on any atom is -0.342 e. The first-order valence-corrected chi connectivity index (χ1v) is 5.50. The number of H-pyrrole nitrogens is 1. The molecule has 0 saturated carbocycles. The number of carbonyl (C=O) groups is 1. The molecule has 1 aromatic heterocycles. The molecule has 0 bridgehead atoms. The van der Waals surface area contributed by atoms with Gasteiger partial charge in [-0.25, -0.2) is 5.10 Å². The van der Waals surface area contributed by atoms with E-state index in [-0.39, 0.29) is 17.5 Å². The number of carbonyl (C=O) groups excluding carboxylic acids is 1. The van der Waals surface area contributed by atoms with Crippen LogP contribution in [0.3, 0.4) is 0 Å². The first-order valence-electron chi connectivity index (χ1n) is 5.50. The number of rotatable bonds is 1. The van der Waals surface area contributed by atoms with Crippen molar-refractivity contribution in [1.29, 1.82) is 0 Å². The molecule has 5 heteroatoms. The standard InChI is InChI=1S/C12H13N3O2/c1-2-3-11(16)13-9-4-5-10-8(6-9)7-12(17)15-14-10/h7,9H,4-6H2,1H3,(H,13,16)(H,15,17). The van der Waals surface area contributed by atoms with Gasteiger partial charge in [-0.2, -0.15) is 5.10 Å². The molecule has 1 aliphatic rings. The Bertz CT molecular complexity index is 551. The Balaban J connectivity index is 2.09. The van der Waals surface area contributed by atoms with Crippen molar-refractivity contribution in [2.75, 3.05) is 0 Å². The van der Waals surface area contributed by atoms with E-state index in [0.717, 1.165) is 24.1 Å². The molecule has 0 aromatic carbocycles. The molecular formula is C12H13N3O2. The Hall–Kier alpha value is -2.09. The Morgan fingerprint density at radius 2 is 2.47 bits per heavy atom. The molecule has 17 heavy (non-hydrogen) atoms. The highest BCUT2D eigenvalue weighted by molar-refractivity contribution is 5.93. The highest BCUT2D eigenvalue weighted by atomic mass is 16.1. The van der Waals surface area contributed by atoms with Crippen LogP contribution < -0.4 is 10.9 Å². The highest BCUT2D eigenvalue weighted by Crippen LogP contribution is 2.17. The molecule has 5 nitrogen and oxygen atoms in total. The Morgan fingerprint density at radius 3 is 3.24 bits per heavy atom. The zero-order valence-corrected chi connectivity index (χ0v) is 9.54. The van der Waals surface area contributed by atoms with E-state index in [9.17, 15) is 9.59 Å². The number of fused-ring (bicyclic) bond motifs is 1. The van der Waals surface area contributed by atoms with Crippen LogP contribution in [-0.4, -0.2) is 22.1 Å². The van der Waals surface area contributed by atoms with Crippen molar-refractivity contribution < 1.29 is 4.79 Å². The van der Waals surface area contributed by atoms with Gasteiger partial charge >= 0.3 is 0 Å². The summed E-state index contributed by atoms with van der Waals surface area (Å²) in [6.45, 7) is 1.62. The minimum absolute atomic E-state index is 0.0412. The van der Waals surface area contributed by atoms with Crippen molar-refractivity contribution >= 4 is 5.91 Å². The quantitative estimate of drug-likeness (QED) is 0.655. The fourth-order valence-electron chi connectivity index (χ4n) is 2.00. The molecule has 88 valence electrons. The summed E-state index contributed by atoms with van der Waals surface area (Å²) in [6.07, 6.45) is 2.23. The second kappa shape index (κ2) is 4.83. The molecule has 1 atom stereocenters. The van der Waals surface area contributed by atoms with Crippen LogP contribution in [0.5, 0.6) is 0 Å². The fraction of sp³-hybridized carbons (Fsp3) is 0.417. The van der Waals surface area contributed by atoms with Crippen molar-refractivity contribution in [3.8, 4) is 11.8 Å². The average Bonchev–Trinajstić information content (AvgIpc) is 2.28. The monoisotopic (exact) mass is 231 g/mol. The molecular weight excluding hydrogens is 218 g/mol. The predicted octanol–water partition coefficient (Wildman–Crippen LogP) is -0.233. The second-order valence-corrected chi connectivity index (χ2v) is 3.99. The van der Waals surface area contributed by atoms with Gasteiger partial charge in [0.25, 0.3) is 11.5 Å². The van der Waals surface area contributed by atoms with E-state index in [4.69, 9.17) is 0 Å². The van der Waals surface area contributed by atoms with E-state index in [0.29, 0.717) is 6.42 Å². The van der Waals surface area contributed by atoms with E-state index < -0.39 is 0 Å². The van der Waals surface area contributed by atoms with Crippen LogP contribution in [0.1, 0.15) is 24.6 Å². The Kier molecular flexibility index (Phi) is 3.24. The lowest BCUT2D eigenvalue weighted by Crippen LogP contribution is -2.39. The zero-order valence-electron chi connectivity index (χ0n) is 9.54. The van der Waals surface area contributed by atoms with Crippen LogP contribution in [0.15, 0.2) is 10.9 Å². The summed E-state index contributed by atoms with van der Waals surface area (Å²) in [7, 11) is 0. The third-order valence-electron chi connectivity index (χ3n) is 2.75. The summed E-state index contributed by atoms with van der Waals surface area (Å²) in [4.78, 5) is 22.5. The van der Waals surface area contributed by atoms with Gasteiger partial charge in [0.1, 0.15) is 0 Å². The molecule has 2 rings (SSSR count). The van der Waals surface area contributed by atoms with Gasteiger partial charge in [-0.3, -0.25) is 9.59 Å². The van der Waals surface area contributed by atoms with Gasteiger partial charge in [-0.05, 0) is 37.7 Å². The molecule has 0 fully saturated rings. The van der Waals surface area contributed by atoms with Gasteiger partial charge in [0, 0.05) is 12.1 Å². The summed E-state index contributed by atoms with van der Waals surface area (Å²) in [5.74, 6) is 4.74. The predicted molar refractivity (Wildman–Crippen MR) is 62.3 cm³/mol. The maximum atomic E-state index is 11.3. The number of nitrogens with zero attached hydrogens (tertiary/aromatic N) is 1. The molecule has 0 saturated heterocycles. The number of aromatic amines is 1. The van der Waals surface area contributed by atoms with E-state index in [2.05, 4.69) is 27.4 Å². The largest absolute Gasteiger partial charge is 0.342 e. The van der Waals surface area contributed by atoms with Crippen LogP contribution in [0.25, 0.3) is 0 Å². The van der Waals surface area contributed by atoms with Gasteiger partial charge in [0.15, 0.2) is 0 Å². The maximum absolute atomic E-state index is 11.3. The number of nitrogens with one attached hydrogen (secondary N) is 2. The van der Waals surface area contributed by atoms with Crippen LogP contribution in [0, 0.1) is 11.8 Å². The Labute approximate surface area is 98.6 Å². The average molecular weight is 231 g/mol. The second-order valence-electron chi connectivity index (χ2n) is 3.99. The van der Waals surface area contributed by atoms with Gasteiger partial charge in [-0.1, -0.05) is 5.92 Å². The van der Waals surface area contributed by atoms with Crippen molar-refractivity contribution in [2.24, 2.45) is 0 Å². The first kappa shape index (κ1) is 11.4. The van der Waals surface area contributed by atoms with Gasteiger partial charge in [0.05, 0.1) is 5.69 Å². The van der Waals surface area contributed by atoms with Crippen molar-refractivity contribution in [1.82, 2.24) is 15.5 Å². The van der Waals surface area contributed by atoms with Gasteiger partial charge < -0.3 is 5.32 Å². The third kappa shape index (κ3) is 2.72. The van der Waals surface area contributed by atoms with Crippen LogP contribution in [0.2, 0.25) is 0 Å². The summed E-state index contributed by atoms with van der Waals surface area (Å²) in [5, 5.41) is 9.24. The maximum Gasteiger partial charge on any atom is 0.296 e. The van der Waals surface area contributed by atoms with Crippen LogP contribution in [-0.2, 0) is 17.6 Å². The molecule has 0 radical (unpaired) electrons. The van der Waals surface area contributed by atoms with Gasteiger partial charge in [-0.15, -0.1) is 0 Å². The highest BCUT2D eigenvalue weighted by Gasteiger charge is 2.20. The SMILES string of the molecule is CC#CC(=O)NC1CCc2n[nH]c(=O)cc2C1. The third-order valence-corrected chi connectivity index (χ3v) is 2.75. The summed E-state index contributed by atoms with van der Waals surface area (Å²) in [5.41, 5.74) is 1.62. The lowest BCUT2D eigenvalue weighted by Gasteiger charge is -2.23. The van der Waals surface area contributed by atoms with Crippen molar-refractivity contribution in [3.63, 3.8) is 0 Å². The normalized spacial score (nSPS) is 17.6.